The molecule has 0 saturated carbocycles. The lowest BCUT2D eigenvalue weighted by Gasteiger charge is -2.08. The Kier molecular flexibility index (Phi) is 6.07. The zero-order valence-corrected chi connectivity index (χ0v) is 16.8. The van der Waals surface area contributed by atoms with Gasteiger partial charge in [0.05, 0.1) is 19.7 Å². The largest absolute Gasteiger partial charge is 0.465 e. The summed E-state index contributed by atoms with van der Waals surface area (Å²) < 4.78 is 11.3. The molecule has 0 aliphatic carbocycles. The van der Waals surface area contributed by atoms with Crippen molar-refractivity contribution in [3.63, 3.8) is 0 Å². The minimum Gasteiger partial charge on any atom is -0.465 e. The van der Waals surface area contributed by atoms with E-state index in [9.17, 15) is 9.59 Å². The van der Waals surface area contributed by atoms with Gasteiger partial charge in [-0.2, -0.15) is 0 Å². The Labute approximate surface area is 172 Å². The lowest BCUT2D eigenvalue weighted by molar-refractivity contribution is -0.143. The topological polar surface area (TPSA) is 57.5 Å². The highest BCUT2D eigenvalue weighted by molar-refractivity contribution is 6.33. The molecule has 0 amide bonds. The molecule has 0 aliphatic heterocycles. The van der Waals surface area contributed by atoms with Crippen molar-refractivity contribution in [1.29, 1.82) is 0 Å². The van der Waals surface area contributed by atoms with E-state index in [2.05, 4.69) is 0 Å². The summed E-state index contributed by atoms with van der Waals surface area (Å²) in [6, 6.07) is 15.0. The second-order valence-electron chi connectivity index (χ2n) is 5.98. The first-order valence-corrected chi connectivity index (χ1v) is 9.11. The Balaban J connectivity index is 2.17. The minimum absolute atomic E-state index is 0.235. The molecule has 0 bridgehead atoms. The standard InChI is InChI=1S/C21H17Cl2NO4/c1-27-20(25)17(21(26)28-2)11-16-15-5-3-4-6-18(15)24(19(16)23)12-13-7-9-14(22)10-8-13/h3-11H,12H2,1-2H3. The molecule has 7 heteroatoms. The van der Waals surface area contributed by atoms with E-state index in [-0.39, 0.29) is 5.57 Å². The Morgan fingerprint density at radius 1 is 0.964 bits per heavy atom. The molecule has 144 valence electrons. The van der Waals surface area contributed by atoms with Gasteiger partial charge in [-0.25, -0.2) is 9.59 Å². The third kappa shape index (κ3) is 3.91. The Bertz CT molecular complexity index is 1050. The minimum atomic E-state index is -0.794. The summed E-state index contributed by atoms with van der Waals surface area (Å²) in [6.07, 6.45) is 1.40. The molecule has 0 aliphatic rings. The van der Waals surface area contributed by atoms with Crippen molar-refractivity contribution in [3.8, 4) is 0 Å². The quantitative estimate of drug-likeness (QED) is 0.260. The fraction of sp³-hybridized carbons (Fsp3) is 0.143. The van der Waals surface area contributed by atoms with Crippen LogP contribution >= 0.6 is 23.2 Å². The maximum Gasteiger partial charge on any atom is 0.345 e. The van der Waals surface area contributed by atoms with Crippen LogP contribution in [0, 0.1) is 0 Å². The second-order valence-corrected chi connectivity index (χ2v) is 6.77. The summed E-state index contributed by atoms with van der Waals surface area (Å²) in [4.78, 5) is 24.1. The van der Waals surface area contributed by atoms with Gasteiger partial charge in [-0.15, -0.1) is 0 Å². The predicted molar refractivity (Wildman–Crippen MR) is 110 cm³/mol. The van der Waals surface area contributed by atoms with Gasteiger partial charge in [-0.1, -0.05) is 53.5 Å². The number of ether oxygens (including phenoxy) is 2. The predicted octanol–water partition coefficient (Wildman–Crippen LogP) is 4.73. The molecule has 28 heavy (non-hydrogen) atoms. The molecule has 0 saturated heterocycles. The highest BCUT2D eigenvalue weighted by Crippen LogP contribution is 2.33. The van der Waals surface area contributed by atoms with E-state index < -0.39 is 11.9 Å². The average molecular weight is 418 g/mol. The van der Waals surface area contributed by atoms with Gasteiger partial charge >= 0.3 is 11.9 Å². The average Bonchev–Trinajstić information content (AvgIpc) is 2.98. The Morgan fingerprint density at radius 2 is 1.57 bits per heavy atom. The van der Waals surface area contributed by atoms with Crippen LogP contribution in [0.15, 0.2) is 54.1 Å². The molecule has 1 heterocycles. The number of fused-ring (bicyclic) bond motifs is 1. The fourth-order valence-electron chi connectivity index (χ4n) is 2.93. The Morgan fingerprint density at radius 3 is 2.18 bits per heavy atom. The molecule has 0 atom stereocenters. The van der Waals surface area contributed by atoms with E-state index in [0.29, 0.717) is 22.3 Å². The number of hydrogen-bond donors (Lipinski definition) is 0. The zero-order chi connectivity index (χ0) is 20.3. The molecule has 0 spiro atoms. The summed E-state index contributed by atoms with van der Waals surface area (Å²) >= 11 is 12.6. The molecule has 0 unspecified atom stereocenters. The molecule has 1 aromatic heterocycles. The normalized spacial score (nSPS) is 10.6. The van der Waals surface area contributed by atoms with Crippen LogP contribution in [-0.2, 0) is 25.6 Å². The van der Waals surface area contributed by atoms with Gasteiger partial charge in [0.1, 0.15) is 10.7 Å². The van der Waals surface area contributed by atoms with Gasteiger partial charge in [0.2, 0.25) is 0 Å². The van der Waals surface area contributed by atoms with Crippen molar-refractivity contribution in [3.05, 3.63) is 75.4 Å². The highest BCUT2D eigenvalue weighted by Gasteiger charge is 2.23. The van der Waals surface area contributed by atoms with Crippen LogP contribution < -0.4 is 0 Å². The van der Waals surface area contributed by atoms with Gasteiger partial charge in [-0.3, -0.25) is 0 Å². The molecule has 3 rings (SSSR count). The lowest BCUT2D eigenvalue weighted by atomic mass is 10.1. The van der Waals surface area contributed by atoms with E-state index in [0.717, 1.165) is 16.5 Å². The van der Waals surface area contributed by atoms with Crippen LogP contribution in [0.1, 0.15) is 11.1 Å². The first kappa shape index (κ1) is 20.0. The molecule has 3 aromatic rings. The number of carbonyl (C=O) groups is 2. The van der Waals surface area contributed by atoms with E-state index in [1.54, 1.807) is 0 Å². The van der Waals surface area contributed by atoms with Gasteiger partial charge in [0, 0.05) is 22.5 Å². The summed E-state index contributed by atoms with van der Waals surface area (Å²) in [7, 11) is 2.40. The summed E-state index contributed by atoms with van der Waals surface area (Å²) in [5.41, 5.74) is 2.17. The Hall–Kier alpha value is -2.76. The van der Waals surface area contributed by atoms with Crippen molar-refractivity contribution >= 4 is 52.1 Å². The third-order valence-electron chi connectivity index (χ3n) is 4.30. The molecular weight excluding hydrogens is 401 g/mol. The number of aromatic nitrogens is 1. The number of nitrogens with zero attached hydrogens (tertiary/aromatic N) is 1. The van der Waals surface area contributed by atoms with E-state index in [1.807, 2.05) is 53.1 Å². The SMILES string of the molecule is COC(=O)C(=Cc1c(Cl)n(Cc2ccc(Cl)cc2)c2ccccc12)C(=O)OC. The number of hydrogen-bond acceptors (Lipinski definition) is 4. The van der Waals surface area contributed by atoms with E-state index in [4.69, 9.17) is 32.7 Å². The van der Waals surface area contributed by atoms with Crippen molar-refractivity contribution < 1.29 is 19.1 Å². The fourth-order valence-corrected chi connectivity index (χ4v) is 3.36. The zero-order valence-electron chi connectivity index (χ0n) is 15.2. The van der Waals surface area contributed by atoms with Gasteiger partial charge in [-0.05, 0) is 29.8 Å². The number of methoxy groups -OCH3 is 2. The molecule has 2 aromatic carbocycles. The number of esters is 2. The number of carbonyl (C=O) groups excluding carboxylic acids is 2. The van der Waals surface area contributed by atoms with Crippen molar-refractivity contribution in [2.45, 2.75) is 6.54 Å². The maximum atomic E-state index is 12.0. The number of halogens is 2. The monoisotopic (exact) mass is 417 g/mol. The first-order chi connectivity index (χ1) is 13.5. The first-order valence-electron chi connectivity index (χ1n) is 8.35. The van der Waals surface area contributed by atoms with Crippen LogP contribution in [0.25, 0.3) is 17.0 Å². The number of rotatable bonds is 5. The van der Waals surface area contributed by atoms with Gasteiger partial charge in [0.25, 0.3) is 0 Å². The van der Waals surface area contributed by atoms with Crippen molar-refractivity contribution in [2.24, 2.45) is 0 Å². The van der Waals surface area contributed by atoms with Crippen LogP contribution in [0.4, 0.5) is 0 Å². The summed E-state index contributed by atoms with van der Waals surface area (Å²) in [5.74, 6) is -1.59. The van der Waals surface area contributed by atoms with Gasteiger partial charge < -0.3 is 14.0 Å². The van der Waals surface area contributed by atoms with E-state index >= 15 is 0 Å². The van der Waals surface area contributed by atoms with Crippen LogP contribution in [0.3, 0.4) is 0 Å². The summed E-state index contributed by atoms with van der Waals surface area (Å²) in [5, 5.41) is 1.84. The molecular formula is C21H17Cl2NO4. The van der Waals surface area contributed by atoms with Crippen molar-refractivity contribution in [1.82, 2.24) is 4.57 Å². The second kappa shape index (κ2) is 8.50. The molecule has 0 N–H and O–H groups in total. The number of para-hydroxylation sites is 1. The maximum absolute atomic E-state index is 12.0. The van der Waals surface area contributed by atoms with Crippen molar-refractivity contribution in [2.75, 3.05) is 14.2 Å². The highest BCUT2D eigenvalue weighted by atomic mass is 35.5. The van der Waals surface area contributed by atoms with E-state index in [1.165, 1.54) is 20.3 Å². The van der Waals surface area contributed by atoms with Crippen LogP contribution in [0.2, 0.25) is 10.2 Å². The third-order valence-corrected chi connectivity index (χ3v) is 4.96. The number of benzene rings is 2. The molecule has 0 radical (unpaired) electrons. The molecule has 0 fully saturated rings. The lowest BCUT2D eigenvalue weighted by Crippen LogP contribution is -2.15. The van der Waals surface area contributed by atoms with Crippen LogP contribution in [0.5, 0.6) is 0 Å². The molecule has 5 nitrogen and oxygen atoms in total. The summed E-state index contributed by atoms with van der Waals surface area (Å²) in [6.45, 7) is 0.496. The van der Waals surface area contributed by atoms with Gasteiger partial charge in [0.15, 0.2) is 0 Å². The van der Waals surface area contributed by atoms with Crippen LogP contribution in [-0.4, -0.2) is 30.7 Å². The smallest absolute Gasteiger partial charge is 0.345 e.